The van der Waals surface area contributed by atoms with Gasteiger partial charge < -0.3 is 14.8 Å². The molecule has 0 amide bonds. The van der Waals surface area contributed by atoms with E-state index in [1.807, 2.05) is 49.6 Å². The Morgan fingerprint density at radius 2 is 2.06 bits per heavy atom. The molecule has 0 unspecified atom stereocenters. The number of anilines is 1. The molecule has 0 aliphatic carbocycles. The first kappa shape index (κ1) is 10.6. The van der Waals surface area contributed by atoms with E-state index in [1.54, 1.807) is 0 Å². The molecule has 0 aliphatic rings. The zero-order valence-corrected chi connectivity index (χ0v) is 9.84. The largest absolute Gasteiger partial charge is 0.387 e. The maximum Gasteiger partial charge on any atom is 0.260 e. The van der Waals surface area contributed by atoms with Gasteiger partial charge in [0.25, 0.3) is 5.89 Å². The van der Waals surface area contributed by atoms with Gasteiger partial charge in [-0.3, -0.25) is 0 Å². The van der Waals surface area contributed by atoms with E-state index < -0.39 is 0 Å². The van der Waals surface area contributed by atoms with Gasteiger partial charge in [-0.1, -0.05) is 17.3 Å². The number of H-pyrrole nitrogens is 1. The van der Waals surface area contributed by atoms with Crippen LogP contribution in [0.25, 0.3) is 23.0 Å². The van der Waals surface area contributed by atoms with E-state index in [4.69, 9.17) is 4.52 Å². The van der Waals surface area contributed by atoms with Crippen LogP contribution in [0.4, 0.5) is 5.69 Å². The van der Waals surface area contributed by atoms with Crippen molar-refractivity contribution in [3.63, 3.8) is 0 Å². The number of aromatic nitrogens is 3. The summed E-state index contributed by atoms with van der Waals surface area (Å²) in [7, 11) is 1.86. The maximum absolute atomic E-state index is 5.30. The fraction of sp³-hybridized carbons (Fsp3) is 0.0769. The van der Waals surface area contributed by atoms with Crippen molar-refractivity contribution in [3.8, 4) is 23.0 Å². The van der Waals surface area contributed by atoms with Crippen molar-refractivity contribution in [1.29, 1.82) is 0 Å². The van der Waals surface area contributed by atoms with E-state index in [0.717, 1.165) is 16.9 Å². The summed E-state index contributed by atoms with van der Waals surface area (Å²) in [6.45, 7) is 0. The summed E-state index contributed by atoms with van der Waals surface area (Å²) >= 11 is 0. The Morgan fingerprint density at radius 3 is 2.83 bits per heavy atom. The van der Waals surface area contributed by atoms with Crippen LogP contribution in [-0.2, 0) is 0 Å². The lowest BCUT2D eigenvalue weighted by molar-refractivity contribution is 0.432. The zero-order valence-electron chi connectivity index (χ0n) is 9.84. The van der Waals surface area contributed by atoms with Gasteiger partial charge in [-0.25, -0.2) is 0 Å². The summed E-state index contributed by atoms with van der Waals surface area (Å²) in [4.78, 5) is 7.43. The molecule has 2 aromatic heterocycles. The normalized spacial score (nSPS) is 10.5. The highest BCUT2D eigenvalue weighted by Crippen LogP contribution is 2.27. The summed E-state index contributed by atoms with van der Waals surface area (Å²) in [5.41, 5.74) is 2.69. The number of benzene rings is 1. The summed E-state index contributed by atoms with van der Waals surface area (Å²) in [5.74, 6) is 1.06. The predicted octanol–water partition coefficient (Wildman–Crippen LogP) is 2.77. The van der Waals surface area contributed by atoms with E-state index in [0.29, 0.717) is 11.7 Å². The van der Waals surface area contributed by atoms with Crippen LogP contribution >= 0.6 is 0 Å². The minimum atomic E-state index is 0.504. The molecule has 3 rings (SSSR count). The molecule has 18 heavy (non-hydrogen) atoms. The molecule has 0 spiro atoms. The molecule has 3 aromatic rings. The number of aromatic amines is 1. The fourth-order valence-corrected chi connectivity index (χ4v) is 1.80. The molecule has 5 nitrogen and oxygen atoms in total. The quantitative estimate of drug-likeness (QED) is 0.738. The van der Waals surface area contributed by atoms with Gasteiger partial charge in [0.2, 0.25) is 5.82 Å². The maximum atomic E-state index is 5.30. The molecule has 2 heterocycles. The van der Waals surface area contributed by atoms with Crippen molar-refractivity contribution in [3.05, 3.63) is 42.6 Å². The standard InChI is InChI=1S/C13H12N4O/c1-14-10-6-3-2-5-9(10)13-16-12(17-18-13)11-7-4-8-15-11/h2-8,14-15H,1H3. The second-order valence-electron chi connectivity index (χ2n) is 3.80. The highest BCUT2D eigenvalue weighted by molar-refractivity contribution is 5.72. The number of nitrogens with one attached hydrogen (secondary N) is 2. The molecule has 0 radical (unpaired) electrons. The van der Waals surface area contributed by atoms with Crippen LogP contribution in [0, 0.1) is 0 Å². The van der Waals surface area contributed by atoms with Gasteiger partial charge in [-0.2, -0.15) is 4.98 Å². The Balaban J connectivity index is 2.03. The van der Waals surface area contributed by atoms with E-state index in [9.17, 15) is 0 Å². The van der Waals surface area contributed by atoms with Crippen LogP contribution in [0.3, 0.4) is 0 Å². The molecule has 0 aliphatic heterocycles. The second kappa shape index (κ2) is 4.37. The first-order valence-electron chi connectivity index (χ1n) is 5.63. The first-order valence-corrected chi connectivity index (χ1v) is 5.63. The van der Waals surface area contributed by atoms with Gasteiger partial charge >= 0.3 is 0 Å². The Labute approximate surface area is 104 Å². The molecule has 0 fully saturated rings. The summed E-state index contributed by atoms with van der Waals surface area (Å²) < 4.78 is 5.30. The lowest BCUT2D eigenvalue weighted by Gasteiger charge is -2.03. The lowest BCUT2D eigenvalue weighted by Crippen LogP contribution is -1.91. The van der Waals surface area contributed by atoms with Gasteiger partial charge in [-0.05, 0) is 24.3 Å². The molecular formula is C13H12N4O. The monoisotopic (exact) mass is 240 g/mol. The van der Waals surface area contributed by atoms with Crippen molar-refractivity contribution in [2.24, 2.45) is 0 Å². The van der Waals surface area contributed by atoms with Gasteiger partial charge in [0.05, 0.1) is 11.3 Å². The molecular weight excluding hydrogens is 228 g/mol. The van der Waals surface area contributed by atoms with Crippen molar-refractivity contribution in [2.45, 2.75) is 0 Å². The highest BCUT2D eigenvalue weighted by Gasteiger charge is 2.13. The highest BCUT2D eigenvalue weighted by atomic mass is 16.5. The average molecular weight is 240 g/mol. The van der Waals surface area contributed by atoms with Crippen LogP contribution < -0.4 is 5.32 Å². The van der Waals surface area contributed by atoms with Gasteiger partial charge in [0, 0.05) is 18.9 Å². The molecule has 1 aromatic carbocycles. The number of hydrogen-bond acceptors (Lipinski definition) is 4. The third-order valence-electron chi connectivity index (χ3n) is 2.69. The SMILES string of the molecule is CNc1ccccc1-c1nc(-c2ccc[nH]2)no1. The Kier molecular flexibility index (Phi) is 2.57. The lowest BCUT2D eigenvalue weighted by atomic mass is 10.2. The Bertz CT molecular complexity index is 643. The smallest absolute Gasteiger partial charge is 0.260 e. The van der Waals surface area contributed by atoms with Crippen LogP contribution in [0.2, 0.25) is 0 Å². The average Bonchev–Trinajstić information content (AvgIpc) is 3.09. The minimum absolute atomic E-state index is 0.504. The van der Waals surface area contributed by atoms with E-state index in [-0.39, 0.29) is 0 Å². The van der Waals surface area contributed by atoms with Crippen molar-refractivity contribution < 1.29 is 4.52 Å². The number of para-hydroxylation sites is 1. The summed E-state index contributed by atoms with van der Waals surface area (Å²) in [6.07, 6.45) is 1.83. The van der Waals surface area contributed by atoms with Crippen LogP contribution in [0.5, 0.6) is 0 Å². The molecule has 0 bridgehead atoms. The topological polar surface area (TPSA) is 66.7 Å². The molecule has 0 atom stereocenters. The van der Waals surface area contributed by atoms with Gasteiger partial charge in [0.15, 0.2) is 0 Å². The molecule has 0 saturated heterocycles. The van der Waals surface area contributed by atoms with Crippen LogP contribution in [0.15, 0.2) is 47.1 Å². The van der Waals surface area contributed by atoms with E-state index in [2.05, 4.69) is 20.4 Å². The zero-order chi connectivity index (χ0) is 12.4. The van der Waals surface area contributed by atoms with Crippen LogP contribution in [0.1, 0.15) is 0 Å². The van der Waals surface area contributed by atoms with Gasteiger partial charge in [-0.15, -0.1) is 0 Å². The Morgan fingerprint density at radius 1 is 1.17 bits per heavy atom. The number of hydrogen-bond donors (Lipinski definition) is 2. The number of rotatable bonds is 3. The Hall–Kier alpha value is -2.56. The molecule has 0 saturated carbocycles. The number of nitrogens with zero attached hydrogens (tertiary/aromatic N) is 2. The fourth-order valence-electron chi connectivity index (χ4n) is 1.80. The first-order chi connectivity index (χ1) is 8.88. The summed E-state index contributed by atoms with van der Waals surface area (Å²) in [6, 6.07) is 11.6. The third kappa shape index (κ3) is 1.75. The molecule has 2 N–H and O–H groups in total. The summed E-state index contributed by atoms with van der Waals surface area (Å²) in [5, 5.41) is 7.07. The van der Waals surface area contributed by atoms with E-state index in [1.165, 1.54) is 0 Å². The van der Waals surface area contributed by atoms with Gasteiger partial charge in [0.1, 0.15) is 0 Å². The van der Waals surface area contributed by atoms with Crippen molar-refractivity contribution in [1.82, 2.24) is 15.1 Å². The van der Waals surface area contributed by atoms with Crippen LogP contribution in [-0.4, -0.2) is 22.2 Å². The van der Waals surface area contributed by atoms with Crippen molar-refractivity contribution >= 4 is 5.69 Å². The van der Waals surface area contributed by atoms with Crippen molar-refractivity contribution in [2.75, 3.05) is 12.4 Å². The molecule has 90 valence electrons. The predicted molar refractivity (Wildman–Crippen MR) is 69.1 cm³/mol. The second-order valence-corrected chi connectivity index (χ2v) is 3.80. The van der Waals surface area contributed by atoms with E-state index >= 15 is 0 Å². The third-order valence-corrected chi connectivity index (χ3v) is 2.69. The minimum Gasteiger partial charge on any atom is -0.387 e. The molecule has 5 heteroatoms.